The van der Waals surface area contributed by atoms with Crippen LogP contribution in [-0.2, 0) is 4.79 Å². The molecule has 0 heterocycles. The van der Waals surface area contributed by atoms with E-state index in [0.717, 1.165) is 22.6 Å². The molecule has 3 rings (SSSR count). The molecule has 0 fully saturated rings. The lowest BCUT2D eigenvalue weighted by Gasteiger charge is -2.21. The normalized spacial score (nSPS) is 10.4. The fourth-order valence-corrected chi connectivity index (χ4v) is 3.14. The summed E-state index contributed by atoms with van der Waals surface area (Å²) in [5.41, 5.74) is 5.37. The van der Waals surface area contributed by atoms with Crippen LogP contribution in [0.4, 0.5) is 17.1 Å². The van der Waals surface area contributed by atoms with E-state index >= 15 is 0 Å². The molecule has 0 saturated carbocycles. The Morgan fingerprint density at radius 1 is 0.833 bits per heavy atom. The number of anilines is 3. The maximum atomic E-state index is 12.8. The van der Waals surface area contributed by atoms with Gasteiger partial charge in [0.05, 0.1) is 6.54 Å². The summed E-state index contributed by atoms with van der Waals surface area (Å²) in [6, 6.07) is 22.6. The molecule has 0 radical (unpaired) electrons. The summed E-state index contributed by atoms with van der Waals surface area (Å²) in [5.74, 6) is -0.178. The van der Waals surface area contributed by atoms with Gasteiger partial charge in [0.25, 0.3) is 5.91 Å². The van der Waals surface area contributed by atoms with Crippen LogP contribution in [0.2, 0.25) is 0 Å². The van der Waals surface area contributed by atoms with Crippen molar-refractivity contribution < 1.29 is 9.59 Å². The summed E-state index contributed by atoms with van der Waals surface area (Å²) in [5, 5.41) is 5.98. The van der Waals surface area contributed by atoms with Crippen LogP contribution >= 0.6 is 0 Å². The maximum absolute atomic E-state index is 12.8. The second-order valence-electron chi connectivity index (χ2n) is 7.16. The highest BCUT2D eigenvalue weighted by Crippen LogP contribution is 2.18. The molecule has 30 heavy (non-hydrogen) atoms. The molecule has 0 spiro atoms. The molecule has 0 aliphatic rings. The molecule has 0 saturated heterocycles. The molecule has 3 aromatic carbocycles. The minimum Gasteiger partial charge on any atom is -0.376 e. The molecule has 5 nitrogen and oxygen atoms in total. The molecule has 0 aliphatic heterocycles. The Kier molecular flexibility index (Phi) is 6.86. The van der Waals surface area contributed by atoms with Gasteiger partial charge in [-0.2, -0.15) is 0 Å². The van der Waals surface area contributed by atoms with Crippen molar-refractivity contribution in [3.63, 3.8) is 0 Å². The molecule has 0 bridgehead atoms. The maximum Gasteiger partial charge on any atom is 0.258 e. The molecule has 0 atom stereocenters. The Bertz CT molecular complexity index is 1010. The summed E-state index contributed by atoms with van der Waals surface area (Å²) in [6.45, 7) is 6.74. The van der Waals surface area contributed by atoms with Crippen molar-refractivity contribution in [2.24, 2.45) is 0 Å². The van der Waals surface area contributed by atoms with Crippen LogP contribution in [0.3, 0.4) is 0 Å². The van der Waals surface area contributed by atoms with Crippen molar-refractivity contribution in [2.45, 2.75) is 20.8 Å². The molecule has 2 N–H and O–H groups in total. The van der Waals surface area contributed by atoms with E-state index in [0.29, 0.717) is 12.1 Å². The van der Waals surface area contributed by atoms with Gasteiger partial charge in [0.15, 0.2) is 0 Å². The van der Waals surface area contributed by atoms with E-state index < -0.39 is 0 Å². The average molecular weight is 402 g/mol. The summed E-state index contributed by atoms with van der Waals surface area (Å²) in [4.78, 5) is 26.8. The zero-order valence-electron chi connectivity index (χ0n) is 17.6. The third kappa shape index (κ3) is 5.26. The molecule has 0 aromatic heterocycles. The monoisotopic (exact) mass is 401 g/mol. The molecule has 2 amide bonds. The van der Waals surface area contributed by atoms with Crippen LogP contribution in [0.5, 0.6) is 0 Å². The number of para-hydroxylation sites is 1. The van der Waals surface area contributed by atoms with Crippen molar-refractivity contribution in [1.29, 1.82) is 0 Å². The second kappa shape index (κ2) is 9.74. The Morgan fingerprint density at radius 2 is 1.50 bits per heavy atom. The number of rotatable bonds is 7. The molecule has 5 heteroatoms. The van der Waals surface area contributed by atoms with Crippen molar-refractivity contribution >= 4 is 28.9 Å². The fraction of sp³-hybridized carbons (Fsp3) is 0.200. The highest BCUT2D eigenvalue weighted by atomic mass is 16.2. The molecular formula is C25H27N3O2. The first-order valence-corrected chi connectivity index (χ1v) is 10.1. The van der Waals surface area contributed by atoms with Gasteiger partial charge in [0.2, 0.25) is 5.91 Å². The van der Waals surface area contributed by atoms with Crippen molar-refractivity contribution in [1.82, 2.24) is 0 Å². The number of benzene rings is 3. The Balaban J connectivity index is 1.58. The van der Waals surface area contributed by atoms with Gasteiger partial charge in [-0.15, -0.1) is 0 Å². The van der Waals surface area contributed by atoms with E-state index in [-0.39, 0.29) is 18.4 Å². The number of carbonyl (C=O) groups is 2. The van der Waals surface area contributed by atoms with Gasteiger partial charge in [0.1, 0.15) is 0 Å². The number of hydrogen-bond donors (Lipinski definition) is 2. The van der Waals surface area contributed by atoms with E-state index in [1.165, 1.54) is 5.56 Å². The van der Waals surface area contributed by atoms with Gasteiger partial charge in [-0.25, -0.2) is 0 Å². The van der Waals surface area contributed by atoms with E-state index in [1.807, 2.05) is 81.4 Å². The number of nitrogens with zero attached hydrogens (tertiary/aromatic N) is 1. The van der Waals surface area contributed by atoms with Gasteiger partial charge in [-0.1, -0.05) is 24.3 Å². The molecular weight excluding hydrogens is 374 g/mol. The van der Waals surface area contributed by atoms with Crippen molar-refractivity contribution in [2.75, 3.05) is 28.6 Å². The van der Waals surface area contributed by atoms with Crippen LogP contribution in [0.25, 0.3) is 0 Å². The van der Waals surface area contributed by atoms with Crippen LogP contribution in [0.15, 0.2) is 72.8 Å². The highest BCUT2D eigenvalue weighted by Gasteiger charge is 2.15. The number of aryl methyl sites for hydroxylation is 2. The minimum absolute atomic E-state index is 0.0530. The molecule has 3 aromatic rings. The van der Waals surface area contributed by atoms with Crippen LogP contribution in [-0.4, -0.2) is 24.9 Å². The van der Waals surface area contributed by atoms with Crippen LogP contribution in [0.1, 0.15) is 28.4 Å². The number of amides is 2. The Labute approximate surface area is 177 Å². The van der Waals surface area contributed by atoms with Gasteiger partial charge >= 0.3 is 0 Å². The van der Waals surface area contributed by atoms with Crippen LogP contribution in [0, 0.1) is 13.8 Å². The first-order valence-electron chi connectivity index (χ1n) is 10.1. The topological polar surface area (TPSA) is 61.4 Å². The standard InChI is InChI=1S/C25H27N3O2/c1-4-28(23-8-6-5-7-9-23)25(30)20-11-14-21(15-12-20)26-17-24(29)27-22-13-10-18(2)19(3)16-22/h5-16,26H,4,17H2,1-3H3,(H,27,29). The second-order valence-corrected chi connectivity index (χ2v) is 7.16. The lowest BCUT2D eigenvalue weighted by Crippen LogP contribution is -2.30. The Morgan fingerprint density at radius 3 is 2.13 bits per heavy atom. The molecule has 0 aliphatic carbocycles. The van der Waals surface area contributed by atoms with E-state index in [4.69, 9.17) is 0 Å². The SMILES string of the molecule is CCN(C(=O)c1ccc(NCC(=O)Nc2ccc(C)c(C)c2)cc1)c1ccccc1. The third-order valence-corrected chi connectivity index (χ3v) is 5.00. The number of nitrogens with one attached hydrogen (secondary N) is 2. The fourth-order valence-electron chi connectivity index (χ4n) is 3.14. The van der Waals surface area contributed by atoms with Gasteiger partial charge in [0, 0.05) is 29.2 Å². The van der Waals surface area contributed by atoms with Crippen molar-refractivity contribution in [3.8, 4) is 0 Å². The number of carbonyl (C=O) groups excluding carboxylic acids is 2. The van der Waals surface area contributed by atoms with Crippen LogP contribution < -0.4 is 15.5 Å². The average Bonchev–Trinajstić information content (AvgIpc) is 2.76. The number of hydrogen-bond acceptors (Lipinski definition) is 3. The predicted molar refractivity (Wildman–Crippen MR) is 123 cm³/mol. The summed E-state index contributed by atoms with van der Waals surface area (Å²) >= 11 is 0. The van der Waals surface area contributed by atoms with Gasteiger partial charge < -0.3 is 15.5 Å². The lowest BCUT2D eigenvalue weighted by molar-refractivity contribution is -0.114. The molecule has 0 unspecified atom stereocenters. The minimum atomic E-state index is -0.125. The van der Waals surface area contributed by atoms with Gasteiger partial charge in [-0.3, -0.25) is 9.59 Å². The Hall–Kier alpha value is -3.60. The third-order valence-electron chi connectivity index (χ3n) is 5.00. The largest absolute Gasteiger partial charge is 0.376 e. The predicted octanol–water partition coefficient (Wildman–Crippen LogP) is 5.02. The first kappa shape index (κ1) is 21.1. The van der Waals surface area contributed by atoms with Gasteiger partial charge in [-0.05, 0) is 80.4 Å². The summed E-state index contributed by atoms with van der Waals surface area (Å²) < 4.78 is 0. The molecule has 154 valence electrons. The summed E-state index contributed by atoms with van der Waals surface area (Å²) in [6.07, 6.45) is 0. The zero-order chi connectivity index (χ0) is 21.5. The lowest BCUT2D eigenvalue weighted by atomic mass is 10.1. The summed E-state index contributed by atoms with van der Waals surface area (Å²) in [7, 11) is 0. The van der Waals surface area contributed by atoms with Crippen molar-refractivity contribution in [3.05, 3.63) is 89.5 Å². The van der Waals surface area contributed by atoms with E-state index in [1.54, 1.807) is 17.0 Å². The highest BCUT2D eigenvalue weighted by molar-refractivity contribution is 6.06. The smallest absolute Gasteiger partial charge is 0.258 e. The van der Waals surface area contributed by atoms with E-state index in [9.17, 15) is 9.59 Å². The first-order chi connectivity index (χ1) is 14.5. The van der Waals surface area contributed by atoms with E-state index in [2.05, 4.69) is 10.6 Å². The zero-order valence-corrected chi connectivity index (χ0v) is 17.6. The quantitative estimate of drug-likeness (QED) is 0.584.